The minimum Gasteiger partial charge on any atom is -0.493 e. The van der Waals surface area contributed by atoms with Crippen LogP contribution in [0.25, 0.3) is 22.2 Å². The van der Waals surface area contributed by atoms with Gasteiger partial charge in [0.2, 0.25) is 5.75 Å². The van der Waals surface area contributed by atoms with Crippen LogP contribution in [0, 0.1) is 0 Å². The van der Waals surface area contributed by atoms with Gasteiger partial charge in [-0.2, -0.15) is 5.10 Å². The lowest BCUT2D eigenvalue weighted by Crippen LogP contribution is -2.22. The third-order valence-corrected chi connectivity index (χ3v) is 5.45. The maximum atomic E-state index is 13.4. The van der Waals surface area contributed by atoms with Gasteiger partial charge in [-0.05, 0) is 45.0 Å². The number of benzene rings is 2. The lowest BCUT2D eigenvalue weighted by molar-refractivity contribution is 0.102. The zero-order valence-corrected chi connectivity index (χ0v) is 20.2. The first kappa shape index (κ1) is 23.1. The molecule has 0 saturated carbocycles. The number of methoxy groups -OCH3 is 3. The number of aromatic nitrogens is 3. The summed E-state index contributed by atoms with van der Waals surface area (Å²) < 4.78 is 18.2. The second kappa shape index (κ2) is 9.05. The highest BCUT2D eigenvalue weighted by molar-refractivity contribution is 6.13. The van der Waals surface area contributed by atoms with Crippen molar-refractivity contribution < 1.29 is 19.0 Å². The largest absolute Gasteiger partial charge is 0.493 e. The summed E-state index contributed by atoms with van der Waals surface area (Å²) in [5, 5.41) is 8.08. The van der Waals surface area contributed by atoms with Crippen LogP contribution in [0.5, 0.6) is 17.2 Å². The van der Waals surface area contributed by atoms with Gasteiger partial charge in [0.15, 0.2) is 11.5 Å². The molecule has 8 heteroatoms. The number of pyridine rings is 1. The topological polar surface area (TPSA) is 87.5 Å². The summed E-state index contributed by atoms with van der Waals surface area (Å²) in [5.41, 5.74) is 2.96. The molecular formula is C26H28N4O4. The van der Waals surface area contributed by atoms with Crippen molar-refractivity contribution in [3.05, 3.63) is 60.4 Å². The highest BCUT2D eigenvalue weighted by Gasteiger charge is 2.19. The van der Waals surface area contributed by atoms with Crippen LogP contribution in [0.4, 0.5) is 5.69 Å². The standard InChI is InChI=1S/C26H28N4O4/c1-26(2,3)30-15-17(14-27-30)28-25(31)19-13-21(29-20-10-8-7-9-18(19)20)16-11-22(32-4)24(34-6)23(12-16)33-5/h7-15H,1-6H3,(H,28,31). The average Bonchev–Trinajstić information content (AvgIpc) is 3.31. The van der Waals surface area contributed by atoms with Crippen molar-refractivity contribution in [2.75, 3.05) is 26.6 Å². The van der Waals surface area contributed by atoms with E-state index in [0.29, 0.717) is 39.7 Å². The summed E-state index contributed by atoms with van der Waals surface area (Å²) in [4.78, 5) is 18.2. The third-order valence-electron chi connectivity index (χ3n) is 5.45. The number of para-hydroxylation sites is 1. The van der Waals surface area contributed by atoms with Gasteiger partial charge >= 0.3 is 0 Å². The number of anilines is 1. The minimum atomic E-state index is -0.249. The van der Waals surface area contributed by atoms with Gasteiger partial charge in [0, 0.05) is 17.1 Å². The highest BCUT2D eigenvalue weighted by atomic mass is 16.5. The third kappa shape index (κ3) is 4.39. The van der Waals surface area contributed by atoms with E-state index in [1.165, 1.54) is 0 Å². The number of carbonyl (C=O) groups is 1. The number of amides is 1. The van der Waals surface area contributed by atoms with Gasteiger partial charge in [-0.15, -0.1) is 0 Å². The molecule has 0 aliphatic carbocycles. The second-order valence-electron chi connectivity index (χ2n) is 8.78. The Bertz CT molecular complexity index is 1330. The van der Waals surface area contributed by atoms with Crippen LogP contribution >= 0.6 is 0 Å². The predicted octanol–water partition coefficient (Wildman–Crippen LogP) is 5.13. The van der Waals surface area contributed by atoms with E-state index < -0.39 is 0 Å². The van der Waals surface area contributed by atoms with Crippen molar-refractivity contribution in [1.29, 1.82) is 0 Å². The molecule has 8 nitrogen and oxygen atoms in total. The van der Waals surface area contributed by atoms with Gasteiger partial charge in [0.1, 0.15) is 0 Å². The van der Waals surface area contributed by atoms with Crippen molar-refractivity contribution in [3.63, 3.8) is 0 Å². The zero-order chi connectivity index (χ0) is 24.5. The van der Waals surface area contributed by atoms with Gasteiger partial charge in [-0.1, -0.05) is 18.2 Å². The molecule has 176 valence electrons. The average molecular weight is 461 g/mol. The smallest absolute Gasteiger partial charge is 0.256 e. The quantitative estimate of drug-likeness (QED) is 0.429. The molecule has 0 atom stereocenters. The number of hydrogen-bond acceptors (Lipinski definition) is 6. The summed E-state index contributed by atoms with van der Waals surface area (Å²) in [6, 6.07) is 12.9. The Morgan fingerprint density at radius 2 is 1.65 bits per heavy atom. The molecule has 1 amide bonds. The Balaban J connectivity index is 1.80. The Hall–Kier alpha value is -4.07. The first-order valence-electron chi connectivity index (χ1n) is 10.8. The van der Waals surface area contributed by atoms with Crippen molar-refractivity contribution >= 4 is 22.5 Å². The van der Waals surface area contributed by atoms with E-state index in [1.807, 2.05) is 68.0 Å². The van der Waals surface area contributed by atoms with E-state index >= 15 is 0 Å². The molecule has 34 heavy (non-hydrogen) atoms. The number of fused-ring (bicyclic) bond motifs is 1. The maximum Gasteiger partial charge on any atom is 0.256 e. The predicted molar refractivity (Wildman–Crippen MR) is 132 cm³/mol. The fourth-order valence-corrected chi connectivity index (χ4v) is 3.69. The fourth-order valence-electron chi connectivity index (χ4n) is 3.69. The molecular weight excluding hydrogens is 432 g/mol. The van der Waals surface area contributed by atoms with E-state index in [0.717, 1.165) is 10.9 Å². The Morgan fingerprint density at radius 3 is 2.24 bits per heavy atom. The highest BCUT2D eigenvalue weighted by Crippen LogP contribution is 2.41. The number of carbonyl (C=O) groups excluding carboxylic acids is 1. The van der Waals surface area contributed by atoms with Crippen molar-refractivity contribution in [2.45, 2.75) is 26.3 Å². The van der Waals surface area contributed by atoms with Gasteiger partial charge < -0.3 is 19.5 Å². The molecule has 4 rings (SSSR count). The fraction of sp³-hybridized carbons (Fsp3) is 0.269. The molecule has 2 heterocycles. The molecule has 0 radical (unpaired) electrons. The normalized spacial score (nSPS) is 11.4. The van der Waals surface area contributed by atoms with Gasteiger partial charge in [-0.3, -0.25) is 9.48 Å². The van der Waals surface area contributed by atoms with Crippen LogP contribution in [0.3, 0.4) is 0 Å². The van der Waals surface area contributed by atoms with Gasteiger partial charge in [0.25, 0.3) is 5.91 Å². The molecule has 1 N–H and O–H groups in total. The number of hydrogen-bond donors (Lipinski definition) is 1. The molecule has 4 aromatic rings. The molecule has 0 unspecified atom stereocenters. The first-order valence-corrected chi connectivity index (χ1v) is 10.8. The lowest BCUT2D eigenvalue weighted by atomic mass is 10.0. The summed E-state index contributed by atoms with van der Waals surface area (Å²) >= 11 is 0. The molecule has 0 saturated heterocycles. The number of nitrogens with one attached hydrogen (secondary N) is 1. The Morgan fingerprint density at radius 1 is 0.971 bits per heavy atom. The molecule has 2 aromatic heterocycles. The maximum absolute atomic E-state index is 13.4. The van der Waals surface area contributed by atoms with E-state index in [2.05, 4.69) is 10.4 Å². The monoisotopic (exact) mass is 460 g/mol. The zero-order valence-electron chi connectivity index (χ0n) is 20.2. The molecule has 0 aliphatic heterocycles. The Kier molecular flexibility index (Phi) is 6.15. The number of nitrogens with zero attached hydrogens (tertiary/aromatic N) is 3. The van der Waals surface area contributed by atoms with E-state index in [1.54, 1.807) is 33.6 Å². The summed E-state index contributed by atoms with van der Waals surface area (Å²) in [6.45, 7) is 6.14. The molecule has 2 aromatic carbocycles. The van der Waals surface area contributed by atoms with E-state index in [9.17, 15) is 4.79 Å². The molecule has 0 spiro atoms. The molecule has 0 fully saturated rings. The number of ether oxygens (including phenoxy) is 3. The lowest BCUT2D eigenvalue weighted by Gasteiger charge is -2.18. The summed E-state index contributed by atoms with van der Waals surface area (Å²) in [7, 11) is 4.68. The van der Waals surface area contributed by atoms with Crippen molar-refractivity contribution in [1.82, 2.24) is 14.8 Å². The summed E-state index contributed by atoms with van der Waals surface area (Å²) in [5.74, 6) is 1.25. The van der Waals surface area contributed by atoms with Crippen LogP contribution in [0.2, 0.25) is 0 Å². The first-order chi connectivity index (χ1) is 16.2. The van der Waals surface area contributed by atoms with Crippen LogP contribution < -0.4 is 19.5 Å². The van der Waals surface area contributed by atoms with Crippen molar-refractivity contribution in [3.8, 4) is 28.5 Å². The Labute approximate surface area is 198 Å². The van der Waals surface area contributed by atoms with Crippen LogP contribution in [-0.2, 0) is 5.54 Å². The van der Waals surface area contributed by atoms with Crippen molar-refractivity contribution in [2.24, 2.45) is 0 Å². The molecule has 0 aliphatic rings. The van der Waals surface area contributed by atoms with E-state index in [4.69, 9.17) is 19.2 Å². The molecule has 0 bridgehead atoms. The minimum absolute atomic E-state index is 0.189. The van der Waals surface area contributed by atoms with Crippen LogP contribution in [0.15, 0.2) is 54.9 Å². The van der Waals surface area contributed by atoms with Crippen LogP contribution in [-0.4, -0.2) is 42.0 Å². The van der Waals surface area contributed by atoms with E-state index in [-0.39, 0.29) is 11.4 Å². The van der Waals surface area contributed by atoms with Gasteiger partial charge in [-0.25, -0.2) is 4.98 Å². The SMILES string of the molecule is COc1cc(-c2cc(C(=O)Nc3cnn(C(C)(C)C)c3)c3ccccc3n2)cc(OC)c1OC. The van der Waals surface area contributed by atoms with Crippen LogP contribution in [0.1, 0.15) is 31.1 Å². The van der Waals surface area contributed by atoms with Gasteiger partial charge in [0.05, 0.1) is 55.5 Å². The summed E-state index contributed by atoms with van der Waals surface area (Å²) in [6.07, 6.45) is 3.47. The second-order valence-corrected chi connectivity index (χ2v) is 8.78. The number of rotatable bonds is 6.